The lowest BCUT2D eigenvalue weighted by atomic mass is 9.67. The summed E-state index contributed by atoms with van der Waals surface area (Å²) in [4.78, 5) is 59.6. The molecule has 4 bridgehead atoms. The van der Waals surface area contributed by atoms with Gasteiger partial charge in [0.05, 0.1) is 18.8 Å². The molecule has 1 spiro atoms. The number of nitrogens with two attached hydrogens (primary N) is 1. The van der Waals surface area contributed by atoms with Crippen molar-refractivity contribution in [1.82, 2.24) is 31.2 Å². The predicted molar refractivity (Wildman–Crippen MR) is 270 cm³/mol. The number of allylic oxidation sites excluding steroid dienone is 3. The van der Waals surface area contributed by atoms with Crippen LogP contribution in [0.25, 0.3) is 0 Å². The molecule has 9 rings (SSSR count). The SMILES string of the molecule is CCNC1C=C2C=CCC3CCCCC(C)(Cc4ccc(N)nc4)Cc4cccc5c4C(=O)C4(OC4(CC=C(C)CC4(c6ccnc(NCNC)c6)CCCNC(=NC)N4)C5=O)C(=O)OCC1CC23. The van der Waals surface area contributed by atoms with Gasteiger partial charge in [-0.2, -0.15) is 0 Å². The number of aliphatic imine (C=N–C) groups is 1. The summed E-state index contributed by atoms with van der Waals surface area (Å²) in [6, 6.07) is 13.5. The van der Waals surface area contributed by atoms with Gasteiger partial charge in [0.2, 0.25) is 5.78 Å². The van der Waals surface area contributed by atoms with Gasteiger partial charge in [-0.05, 0) is 136 Å². The van der Waals surface area contributed by atoms with Crippen molar-refractivity contribution in [3.8, 4) is 0 Å². The minimum absolute atomic E-state index is 0.0130. The number of likely N-dealkylation sites (N-methyl/N-ethyl adjacent to an activating group) is 1. The number of epoxide rings is 1. The molecule has 2 fully saturated rings. The number of fused-ring (bicyclic) bond motifs is 1. The number of benzene rings is 1. The van der Waals surface area contributed by atoms with Crippen molar-refractivity contribution in [2.45, 2.75) is 121 Å². The quantitative estimate of drug-likeness (QED) is 0.0353. The predicted octanol–water partition coefficient (Wildman–Crippen LogP) is 7.14. The number of nitrogen functional groups attached to an aromatic ring is 1. The highest BCUT2D eigenvalue weighted by Gasteiger charge is 2.85. The number of ketones is 2. The van der Waals surface area contributed by atoms with Crippen LogP contribution in [0.3, 0.4) is 0 Å². The highest BCUT2D eigenvalue weighted by Crippen LogP contribution is 2.59. The number of nitrogens with zero attached hydrogens (tertiary/aromatic N) is 3. The van der Waals surface area contributed by atoms with Gasteiger partial charge in [0.1, 0.15) is 11.6 Å². The van der Waals surface area contributed by atoms with Crippen LogP contribution >= 0.6 is 0 Å². The van der Waals surface area contributed by atoms with Crippen LogP contribution < -0.4 is 32.3 Å². The molecule has 2 saturated heterocycles. The lowest BCUT2D eigenvalue weighted by molar-refractivity contribution is -0.150. The highest BCUT2D eigenvalue weighted by molar-refractivity contribution is 6.33. The van der Waals surface area contributed by atoms with Crippen LogP contribution in [-0.2, 0) is 32.6 Å². The molecule has 0 radical (unpaired) electrons. The molecule has 1 aromatic carbocycles. The molecule has 8 unspecified atom stereocenters. The number of anilines is 2. The Labute approximate surface area is 407 Å². The van der Waals surface area contributed by atoms with Crippen LogP contribution in [0.1, 0.15) is 122 Å². The van der Waals surface area contributed by atoms with E-state index in [0.29, 0.717) is 55.1 Å². The van der Waals surface area contributed by atoms with E-state index in [2.05, 4.69) is 79.7 Å². The number of esters is 1. The number of aromatic nitrogens is 2. The summed E-state index contributed by atoms with van der Waals surface area (Å²) in [6.45, 7) is 8.56. The van der Waals surface area contributed by atoms with Crippen molar-refractivity contribution in [3.05, 3.63) is 118 Å². The summed E-state index contributed by atoms with van der Waals surface area (Å²) >= 11 is 0. The summed E-state index contributed by atoms with van der Waals surface area (Å²) in [5.74, 6) is 1.04. The fourth-order valence-corrected chi connectivity index (χ4v) is 12.4. The Morgan fingerprint density at radius 2 is 1.93 bits per heavy atom. The molecule has 3 aliphatic heterocycles. The zero-order valence-corrected chi connectivity index (χ0v) is 41.1. The van der Waals surface area contributed by atoms with E-state index in [-0.39, 0.29) is 41.7 Å². The smallest absolute Gasteiger partial charge is 0.350 e. The number of Topliss-reactive ketones (excluding diaryl/α,β-unsaturated/α-hetero) is 2. The molecular formula is C55H71N9O5. The molecule has 6 aliphatic rings. The number of rotatable bonds is 12. The van der Waals surface area contributed by atoms with E-state index in [0.717, 1.165) is 92.5 Å². The fraction of sp³-hybridized carbons (Fsp3) is 0.527. The summed E-state index contributed by atoms with van der Waals surface area (Å²) in [5, 5.41) is 17.3. The zero-order chi connectivity index (χ0) is 48.4. The summed E-state index contributed by atoms with van der Waals surface area (Å²) in [5.41, 5.74) is 6.92. The maximum Gasteiger partial charge on any atom is 0.350 e. The van der Waals surface area contributed by atoms with Crippen molar-refractivity contribution in [2.24, 2.45) is 28.2 Å². The van der Waals surface area contributed by atoms with Gasteiger partial charge in [-0.3, -0.25) is 14.6 Å². The number of carbonyl (C=O) groups excluding carboxylic acids is 3. The van der Waals surface area contributed by atoms with E-state index in [1.165, 1.54) is 5.57 Å². The number of hydrogen-bond acceptors (Lipinski definition) is 12. The Morgan fingerprint density at radius 3 is 2.72 bits per heavy atom. The molecule has 0 amide bonds. The Bertz CT molecular complexity index is 2560. The number of cyclic esters (lactones) is 1. The van der Waals surface area contributed by atoms with Gasteiger partial charge in [0, 0.05) is 55.5 Å². The molecule has 7 N–H and O–H groups in total. The van der Waals surface area contributed by atoms with Crippen LogP contribution in [0.5, 0.6) is 0 Å². The first-order valence-corrected chi connectivity index (χ1v) is 25.3. The number of ether oxygens (including phenoxy) is 2. The molecule has 366 valence electrons. The van der Waals surface area contributed by atoms with Crippen LogP contribution in [-0.4, -0.2) is 91.2 Å². The number of guanidine groups is 1. The zero-order valence-electron chi connectivity index (χ0n) is 41.1. The molecule has 2 aromatic heterocycles. The summed E-state index contributed by atoms with van der Waals surface area (Å²) < 4.78 is 13.0. The maximum absolute atomic E-state index is 15.6. The molecule has 0 saturated carbocycles. The van der Waals surface area contributed by atoms with Gasteiger partial charge in [0.25, 0.3) is 5.60 Å². The Balaban J connectivity index is 1.10. The maximum atomic E-state index is 15.6. The minimum atomic E-state index is -2.13. The number of nitrogens with one attached hydrogen (secondary N) is 5. The molecule has 5 heterocycles. The van der Waals surface area contributed by atoms with Gasteiger partial charge >= 0.3 is 5.97 Å². The summed E-state index contributed by atoms with van der Waals surface area (Å²) in [6.07, 6.45) is 22.0. The Kier molecular flexibility index (Phi) is 14.0. The average molecular weight is 938 g/mol. The third-order valence-corrected chi connectivity index (χ3v) is 15.9. The first-order chi connectivity index (χ1) is 33.4. The number of pyridine rings is 2. The van der Waals surface area contributed by atoms with E-state index < -0.39 is 28.5 Å². The van der Waals surface area contributed by atoms with Gasteiger partial charge in [0.15, 0.2) is 17.3 Å². The fourth-order valence-electron chi connectivity index (χ4n) is 12.4. The normalized spacial score (nSPS) is 31.8. The van der Waals surface area contributed by atoms with Gasteiger partial charge < -0.3 is 41.8 Å². The van der Waals surface area contributed by atoms with E-state index in [1.807, 2.05) is 62.8 Å². The van der Waals surface area contributed by atoms with Gasteiger partial charge in [-0.25, -0.2) is 14.8 Å². The largest absolute Gasteiger partial charge is 0.463 e. The van der Waals surface area contributed by atoms with E-state index >= 15 is 14.4 Å². The van der Waals surface area contributed by atoms with Gasteiger partial charge in [-0.1, -0.05) is 80.8 Å². The topological polar surface area (TPSA) is 197 Å². The van der Waals surface area contributed by atoms with Crippen molar-refractivity contribution in [2.75, 3.05) is 51.5 Å². The molecule has 3 aliphatic carbocycles. The first-order valence-electron chi connectivity index (χ1n) is 25.3. The molecule has 8 atom stereocenters. The second-order valence-corrected chi connectivity index (χ2v) is 20.8. The van der Waals surface area contributed by atoms with Crippen LogP contribution in [0.4, 0.5) is 11.6 Å². The molecule has 3 aromatic rings. The van der Waals surface area contributed by atoms with Crippen molar-refractivity contribution >= 4 is 35.1 Å². The number of hydrogen-bond donors (Lipinski definition) is 6. The standard InChI is InChI=1S/C55H71N9O5/c1-6-59-44-27-38-14-9-13-37-12-7-8-21-52(3,30-36-17-18-45(56)62-32-36)31-39-15-10-16-42-47(39)49(66)55(50(67)68-33-40(44)26-43(37)38)54(69-55,48(42)65)23-19-35(2)29-53(22-11-24-61-51(58-5)64-53)41-20-25-60-46(28-41)63-34-57-4/h9-10,14-20,25,27-28,32,37,40,43-44,57,59H,6-8,11-13,21-24,26,29-31,33-34H2,1-5H3,(H2,56,62)(H,60,63)(H2,58,61,64). The molecule has 14 heteroatoms. The van der Waals surface area contributed by atoms with E-state index in [9.17, 15) is 0 Å². The minimum Gasteiger partial charge on any atom is -0.463 e. The van der Waals surface area contributed by atoms with Crippen molar-refractivity contribution < 1.29 is 23.9 Å². The molecular weight excluding hydrogens is 867 g/mol. The summed E-state index contributed by atoms with van der Waals surface area (Å²) in [7, 11) is 3.64. The monoisotopic (exact) mass is 938 g/mol. The van der Waals surface area contributed by atoms with Gasteiger partial charge in [-0.15, -0.1) is 0 Å². The second kappa shape index (κ2) is 20.0. The Hall–Kier alpha value is -5.70. The van der Waals surface area contributed by atoms with Crippen molar-refractivity contribution in [1.29, 1.82) is 0 Å². The van der Waals surface area contributed by atoms with E-state index in [4.69, 9.17) is 15.2 Å². The molecule has 69 heavy (non-hydrogen) atoms. The first kappa shape index (κ1) is 48.3. The van der Waals surface area contributed by atoms with Crippen LogP contribution in [0, 0.1) is 23.2 Å². The van der Waals surface area contributed by atoms with Crippen LogP contribution in [0.2, 0.25) is 0 Å². The lowest BCUT2D eigenvalue weighted by Crippen LogP contribution is -2.51. The van der Waals surface area contributed by atoms with Crippen LogP contribution in [0.15, 0.2) is 95.3 Å². The third kappa shape index (κ3) is 9.39. The second-order valence-electron chi connectivity index (χ2n) is 20.8. The number of carbonyl (C=O) groups is 3. The highest BCUT2D eigenvalue weighted by atomic mass is 16.7. The lowest BCUT2D eigenvalue weighted by Gasteiger charge is -2.40. The molecule has 14 nitrogen and oxygen atoms in total. The Morgan fingerprint density at radius 1 is 1.06 bits per heavy atom. The third-order valence-electron chi connectivity index (χ3n) is 15.9. The average Bonchev–Trinajstić information content (AvgIpc) is 4.10. The van der Waals surface area contributed by atoms with E-state index in [1.54, 1.807) is 13.1 Å². The van der Waals surface area contributed by atoms with Crippen molar-refractivity contribution in [3.63, 3.8) is 0 Å².